The van der Waals surface area contributed by atoms with Gasteiger partial charge in [0, 0.05) is 51.4 Å². The maximum absolute atomic E-state index is 12.3. The lowest BCUT2D eigenvalue weighted by molar-refractivity contribution is 0.171. The van der Waals surface area contributed by atoms with E-state index in [4.69, 9.17) is 18.9 Å². The monoisotopic (exact) mass is 840 g/mol. The van der Waals surface area contributed by atoms with Gasteiger partial charge in [0.05, 0.1) is 34.5 Å². The molecule has 0 bridgehead atoms. The van der Waals surface area contributed by atoms with Crippen LogP contribution in [-0.2, 0) is 26.2 Å². The van der Waals surface area contributed by atoms with Crippen LogP contribution in [0.5, 0.6) is 23.0 Å². The average Bonchev–Trinajstić information content (AvgIpc) is 3.33. The van der Waals surface area contributed by atoms with Gasteiger partial charge < -0.3 is 48.5 Å². The van der Waals surface area contributed by atoms with Crippen molar-refractivity contribution in [2.75, 3.05) is 65.7 Å². The standard InChI is InChI=1S/2C24H28N4O3/c2*29-24-17-26-20-3-1-2-4-21(20)28(24)12-11-27-9-7-19(8-10-27)25-16-18-5-6-22-23(15-18)31-14-13-30-22/h2*1-6,15,17,19,25H,7-14,16H2. The van der Waals surface area contributed by atoms with Crippen molar-refractivity contribution >= 4 is 22.1 Å². The number of nitrogens with zero attached hydrogens (tertiary/aromatic N) is 6. The second-order valence-corrected chi connectivity index (χ2v) is 16.4. The molecule has 4 aliphatic rings. The second kappa shape index (κ2) is 19.9. The van der Waals surface area contributed by atoms with Gasteiger partial charge in [0.1, 0.15) is 26.4 Å². The van der Waals surface area contributed by atoms with Gasteiger partial charge in [-0.15, -0.1) is 0 Å². The molecule has 0 amide bonds. The third kappa shape index (κ3) is 10.3. The van der Waals surface area contributed by atoms with Crippen LogP contribution >= 0.6 is 0 Å². The molecule has 0 aliphatic carbocycles. The zero-order chi connectivity index (χ0) is 42.1. The summed E-state index contributed by atoms with van der Waals surface area (Å²) in [5.41, 5.74) is 5.92. The second-order valence-electron chi connectivity index (χ2n) is 16.4. The van der Waals surface area contributed by atoms with Crippen molar-refractivity contribution in [3.63, 3.8) is 0 Å². The number of hydrogen-bond donors (Lipinski definition) is 2. The molecule has 10 rings (SSSR count). The van der Waals surface area contributed by atoms with Gasteiger partial charge in [0.25, 0.3) is 11.1 Å². The topological polar surface area (TPSA) is 137 Å². The Labute approximate surface area is 361 Å². The number of ether oxygens (including phenoxy) is 4. The van der Waals surface area contributed by atoms with Crippen molar-refractivity contribution < 1.29 is 18.9 Å². The summed E-state index contributed by atoms with van der Waals surface area (Å²) in [5.74, 6) is 3.37. The summed E-state index contributed by atoms with van der Waals surface area (Å²) in [4.78, 5) is 38.0. The van der Waals surface area contributed by atoms with E-state index in [9.17, 15) is 9.59 Å². The molecule has 0 unspecified atom stereocenters. The van der Waals surface area contributed by atoms with Crippen LogP contribution in [0.1, 0.15) is 36.8 Å². The molecule has 2 saturated heterocycles. The molecule has 2 fully saturated rings. The molecule has 0 spiro atoms. The SMILES string of the molecule is O=c1cnc2ccccc2n1CCN1CCC(NCc2ccc3c(c2)OCCO3)CC1.O=c1cnc2ccccc2n1CCN1CCC(NCc2ccc3c(c2)OCCO3)CC1. The molecule has 2 N–H and O–H groups in total. The lowest BCUT2D eigenvalue weighted by atomic mass is 10.0. The number of para-hydroxylation sites is 4. The first-order valence-electron chi connectivity index (χ1n) is 22.1. The molecule has 2 aromatic heterocycles. The van der Waals surface area contributed by atoms with E-state index in [1.807, 2.05) is 69.8 Å². The van der Waals surface area contributed by atoms with E-state index >= 15 is 0 Å². The number of aromatic nitrogens is 4. The molecule has 4 aromatic carbocycles. The summed E-state index contributed by atoms with van der Waals surface area (Å²) < 4.78 is 26.2. The van der Waals surface area contributed by atoms with Gasteiger partial charge in [-0.3, -0.25) is 9.59 Å². The molecule has 6 heterocycles. The van der Waals surface area contributed by atoms with E-state index in [0.29, 0.717) is 51.6 Å². The third-order valence-corrected chi connectivity index (χ3v) is 12.4. The smallest absolute Gasteiger partial charge is 0.269 e. The van der Waals surface area contributed by atoms with Gasteiger partial charge in [0.2, 0.25) is 0 Å². The molecule has 0 atom stereocenters. The lowest BCUT2D eigenvalue weighted by Crippen LogP contribution is -2.43. The Kier molecular flexibility index (Phi) is 13.4. The highest BCUT2D eigenvalue weighted by Gasteiger charge is 2.21. The maximum atomic E-state index is 12.3. The molecule has 4 aliphatic heterocycles. The minimum Gasteiger partial charge on any atom is -0.486 e. The molecule has 14 nitrogen and oxygen atoms in total. The zero-order valence-electron chi connectivity index (χ0n) is 35.3. The molecule has 62 heavy (non-hydrogen) atoms. The van der Waals surface area contributed by atoms with Gasteiger partial charge in [-0.25, -0.2) is 9.97 Å². The van der Waals surface area contributed by atoms with Crippen LogP contribution in [0.2, 0.25) is 0 Å². The van der Waals surface area contributed by atoms with Crippen molar-refractivity contribution in [1.82, 2.24) is 39.5 Å². The minimum absolute atomic E-state index is 0.0327. The highest BCUT2D eigenvalue weighted by molar-refractivity contribution is 5.74. The number of piperidine rings is 2. The highest BCUT2D eigenvalue weighted by atomic mass is 16.6. The minimum atomic E-state index is -0.0327. The lowest BCUT2D eigenvalue weighted by Gasteiger charge is -2.32. The molecule has 14 heteroatoms. The maximum Gasteiger partial charge on any atom is 0.269 e. The number of benzene rings is 4. The summed E-state index contributed by atoms with van der Waals surface area (Å²) in [6, 6.07) is 29.0. The number of hydrogen-bond acceptors (Lipinski definition) is 12. The van der Waals surface area contributed by atoms with Crippen molar-refractivity contribution in [2.24, 2.45) is 0 Å². The van der Waals surface area contributed by atoms with Crippen molar-refractivity contribution in [1.29, 1.82) is 0 Å². The van der Waals surface area contributed by atoms with E-state index in [2.05, 4.69) is 54.7 Å². The van der Waals surface area contributed by atoms with Crippen LogP contribution in [0.3, 0.4) is 0 Å². The Balaban J connectivity index is 0.000000158. The normalized spacial score (nSPS) is 17.2. The van der Waals surface area contributed by atoms with Crippen molar-refractivity contribution in [2.45, 2.75) is 63.9 Å². The van der Waals surface area contributed by atoms with Crippen LogP contribution < -0.4 is 40.7 Å². The number of likely N-dealkylation sites (tertiary alicyclic amines) is 2. The Bertz CT molecular complexity index is 2390. The molecular formula is C48H56N8O6. The molecule has 324 valence electrons. The van der Waals surface area contributed by atoms with Crippen molar-refractivity contribution in [3.05, 3.63) is 129 Å². The van der Waals surface area contributed by atoms with Gasteiger partial charge >= 0.3 is 0 Å². The zero-order valence-corrected chi connectivity index (χ0v) is 35.3. The quantitative estimate of drug-likeness (QED) is 0.175. The average molecular weight is 841 g/mol. The number of rotatable bonds is 12. The van der Waals surface area contributed by atoms with E-state index in [1.54, 1.807) is 0 Å². The first kappa shape index (κ1) is 41.5. The molecular weight excluding hydrogens is 785 g/mol. The van der Waals surface area contributed by atoms with Gasteiger partial charge in [0.15, 0.2) is 23.0 Å². The van der Waals surface area contributed by atoms with E-state index in [0.717, 1.165) is 123 Å². The fourth-order valence-corrected chi connectivity index (χ4v) is 8.81. The van der Waals surface area contributed by atoms with E-state index < -0.39 is 0 Å². The third-order valence-electron chi connectivity index (χ3n) is 12.4. The van der Waals surface area contributed by atoms with Gasteiger partial charge in [-0.1, -0.05) is 36.4 Å². The Morgan fingerprint density at radius 1 is 0.500 bits per heavy atom. The van der Waals surface area contributed by atoms with Crippen LogP contribution in [0.4, 0.5) is 0 Å². The predicted molar refractivity (Wildman–Crippen MR) is 239 cm³/mol. The van der Waals surface area contributed by atoms with E-state index in [1.165, 1.54) is 23.5 Å². The number of nitrogens with one attached hydrogen (secondary N) is 2. The highest BCUT2D eigenvalue weighted by Crippen LogP contribution is 2.32. The summed E-state index contributed by atoms with van der Waals surface area (Å²) in [6.07, 6.45) is 7.28. The van der Waals surface area contributed by atoms with Crippen LogP contribution in [0.15, 0.2) is 107 Å². The molecule has 0 radical (unpaired) electrons. The summed E-state index contributed by atoms with van der Waals surface area (Å²) in [5, 5.41) is 7.37. The van der Waals surface area contributed by atoms with Gasteiger partial charge in [-0.05, 0) is 112 Å². The Morgan fingerprint density at radius 3 is 1.34 bits per heavy atom. The Morgan fingerprint density at radius 2 is 0.903 bits per heavy atom. The largest absolute Gasteiger partial charge is 0.486 e. The van der Waals surface area contributed by atoms with E-state index in [-0.39, 0.29) is 11.1 Å². The van der Waals surface area contributed by atoms with Gasteiger partial charge in [-0.2, -0.15) is 0 Å². The van der Waals surface area contributed by atoms with Crippen LogP contribution in [0.25, 0.3) is 22.1 Å². The summed E-state index contributed by atoms with van der Waals surface area (Å²) in [6.45, 7) is 11.4. The number of fused-ring (bicyclic) bond motifs is 4. The fraction of sp³-hybridized carbons (Fsp3) is 0.417. The molecule has 6 aromatic rings. The summed E-state index contributed by atoms with van der Waals surface area (Å²) >= 11 is 0. The summed E-state index contributed by atoms with van der Waals surface area (Å²) in [7, 11) is 0. The first-order chi connectivity index (χ1) is 30.5. The first-order valence-corrected chi connectivity index (χ1v) is 22.1. The van der Waals surface area contributed by atoms with Crippen molar-refractivity contribution in [3.8, 4) is 23.0 Å². The Hall–Kier alpha value is -5.80. The molecule has 0 saturated carbocycles. The predicted octanol–water partition coefficient (Wildman–Crippen LogP) is 4.84. The van der Waals surface area contributed by atoms with Crippen LogP contribution in [-0.4, -0.2) is 107 Å². The van der Waals surface area contributed by atoms with Crippen LogP contribution in [0, 0.1) is 0 Å². The fourth-order valence-electron chi connectivity index (χ4n) is 8.81.